The highest BCUT2D eigenvalue weighted by atomic mass is 19.4. The molecule has 4 rings (SSSR count). The van der Waals surface area contributed by atoms with Crippen LogP contribution in [0.4, 0.5) is 13.2 Å². The van der Waals surface area contributed by atoms with Crippen LogP contribution < -0.4 is 5.32 Å². The van der Waals surface area contributed by atoms with Gasteiger partial charge in [0.15, 0.2) is 5.69 Å². The molecule has 29 heavy (non-hydrogen) atoms. The largest absolute Gasteiger partial charge is 0.433 e. The third-order valence-electron chi connectivity index (χ3n) is 4.67. The fraction of sp³-hybridized carbons (Fsp3) is 0.368. The minimum atomic E-state index is -4.69. The predicted octanol–water partition coefficient (Wildman–Crippen LogP) is 3.03. The molecule has 10 heteroatoms. The maximum Gasteiger partial charge on any atom is 0.433 e. The minimum absolute atomic E-state index is 0.100. The van der Waals surface area contributed by atoms with Gasteiger partial charge in [-0.05, 0) is 25.8 Å². The Bertz CT molecular complexity index is 1040. The highest BCUT2D eigenvalue weighted by Gasteiger charge is 2.36. The molecule has 2 aromatic heterocycles. The number of halogens is 3. The quantitative estimate of drug-likeness (QED) is 0.722. The highest BCUT2D eigenvalue weighted by molar-refractivity contribution is 5.90. The van der Waals surface area contributed by atoms with Gasteiger partial charge in [-0.25, -0.2) is 4.98 Å². The summed E-state index contributed by atoms with van der Waals surface area (Å²) in [5.41, 5.74) is 0.529. The van der Waals surface area contributed by atoms with E-state index in [0.29, 0.717) is 16.7 Å². The minimum Gasteiger partial charge on any atom is -0.376 e. The Morgan fingerprint density at radius 1 is 1.28 bits per heavy atom. The molecule has 1 saturated heterocycles. The van der Waals surface area contributed by atoms with Crippen LogP contribution in [0.25, 0.3) is 17.0 Å². The molecular weight excluding hydrogens is 387 g/mol. The average Bonchev–Trinajstić information content (AvgIpc) is 3.34. The maximum atomic E-state index is 13.6. The van der Waals surface area contributed by atoms with E-state index >= 15 is 0 Å². The monoisotopic (exact) mass is 405 g/mol. The van der Waals surface area contributed by atoms with Crippen molar-refractivity contribution in [1.82, 2.24) is 24.9 Å². The van der Waals surface area contributed by atoms with Crippen LogP contribution in [0.1, 0.15) is 34.7 Å². The van der Waals surface area contributed by atoms with Gasteiger partial charge in [0, 0.05) is 18.7 Å². The maximum absolute atomic E-state index is 13.6. The molecule has 0 radical (unpaired) electrons. The van der Waals surface area contributed by atoms with Crippen LogP contribution in [-0.4, -0.2) is 44.7 Å². The fourth-order valence-electron chi connectivity index (χ4n) is 3.13. The Morgan fingerprint density at radius 2 is 2.03 bits per heavy atom. The van der Waals surface area contributed by atoms with Crippen LogP contribution in [0.2, 0.25) is 0 Å². The lowest BCUT2D eigenvalue weighted by atomic mass is 10.1. The van der Waals surface area contributed by atoms with Crippen molar-refractivity contribution in [3.8, 4) is 11.3 Å². The molecule has 1 amide bonds. The summed E-state index contributed by atoms with van der Waals surface area (Å²) in [5, 5.41) is 6.34. The number of nitrogens with zero attached hydrogens (tertiary/aromatic N) is 4. The zero-order valence-corrected chi connectivity index (χ0v) is 15.5. The van der Waals surface area contributed by atoms with Gasteiger partial charge in [0.25, 0.3) is 11.7 Å². The summed E-state index contributed by atoms with van der Waals surface area (Å²) in [4.78, 5) is 20.4. The number of fused-ring (bicyclic) bond motifs is 1. The second-order valence-electron chi connectivity index (χ2n) is 6.88. The molecule has 1 fully saturated rings. The lowest BCUT2D eigenvalue weighted by Crippen LogP contribution is -2.32. The van der Waals surface area contributed by atoms with E-state index in [2.05, 4.69) is 20.4 Å². The van der Waals surface area contributed by atoms with Gasteiger partial charge in [0.2, 0.25) is 5.82 Å². The first-order valence-electron chi connectivity index (χ1n) is 9.13. The van der Waals surface area contributed by atoms with E-state index in [9.17, 15) is 18.0 Å². The standard InChI is InChI=1S/C19H18F3N5O2/c1-11-4-6-12(7-5-11)14-9-15(19(20,21)22)27-18(24-14)25-16(26-27)17(28)23-10-13-3-2-8-29-13/h4-7,9,13H,2-3,8,10H2,1H3,(H,23,28). The predicted molar refractivity (Wildman–Crippen MR) is 97.3 cm³/mol. The summed E-state index contributed by atoms with van der Waals surface area (Å²) in [7, 11) is 0. The van der Waals surface area contributed by atoms with Crippen molar-refractivity contribution in [2.24, 2.45) is 0 Å². The van der Waals surface area contributed by atoms with E-state index in [1.807, 2.05) is 6.92 Å². The number of carbonyl (C=O) groups excluding carboxylic acids is 1. The molecule has 1 unspecified atom stereocenters. The summed E-state index contributed by atoms with van der Waals surface area (Å²) in [6.07, 6.45) is -3.07. The zero-order chi connectivity index (χ0) is 20.6. The molecule has 152 valence electrons. The number of carbonyl (C=O) groups is 1. The molecule has 0 saturated carbocycles. The van der Waals surface area contributed by atoms with E-state index in [1.165, 1.54) is 0 Å². The molecule has 1 atom stereocenters. The number of aryl methyl sites for hydroxylation is 1. The number of hydrogen-bond donors (Lipinski definition) is 1. The van der Waals surface area contributed by atoms with Gasteiger partial charge in [0.1, 0.15) is 0 Å². The first kappa shape index (κ1) is 19.3. The molecule has 0 spiro atoms. The molecule has 7 nitrogen and oxygen atoms in total. The third kappa shape index (κ3) is 4.07. The molecule has 0 aliphatic carbocycles. The van der Waals surface area contributed by atoms with Crippen molar-refractivity contribution in [1.29, 1.82) is 0 Å². The summed E-state index contributed by atoms with van der Waals surface area (Å²) in [6, 6.07) is 7.82. The smallest absolute Gasteiger partial charge is 0.376 e. The Hall–Kier alpha value is -3.01. The van der Waals surface area contributed by atoms with Crippen LogP contribution in [-0.2, 0) is 10.9 Å². The van der Waals surface area contributed by atoms with Crippen LogP contribution in [0.3, 0.4) is 0 Å². The summed E-state index contributed by atoms with van der Waals surface area (Å²) in [6.45, 7) is 2.76. The molecular formula is C19H18F3N5O2. The highest BCUT2D eigenvalue weighted by Crippen LogP contribution is 2.32. The molecule has 1 aromatic carbocycles. The zero-order valence-electron chi connectivity index (χ0n) is 15.5. The van der Waals surface area contributed by atoms with Gasteiger partial charge in [-0.2, -0.15) is 22.7 Å². The Kier molecular flexibility index (Phi) is 4.95. The summed E-state index contributed by atoms with van der Waals surface area (Å²) in [5.74, 6) is -1.34. The van der Waals surface area contributed by atoms with Crippen molar-refractivity contribution in [2.45, 2.75) is 32.0 Å². The summed E-state index contributed by atoms with van der Waals surface area (Å²) < 4.78 is 46.8. The van der Waals surface area contributed by atoms with E-state index in [-0.39, 0.29) is 29.9 Å². The van der Waals surface area contributed by atoms with Crippen molar-refractivity contribution >= 4 is 11.7 Å². The second kappa shape index (κ2) is 7.43. The normalized spacial score (nSPS) is 17.0. The second-order valence-corrected chi connectivity index (χ2v) is 6.88. The number of aromatic nitrogens is 4. The first-order chi connectivity index (χ1) is 13.8. The molecule has 1 N–H and O–H groups in total. The van der Waals surface area contributed by atoms with Gasteiger partial charge < -0.3 is 10.1 Å². The Labute approximate surface area is 163 Å². The van der Waals surface area contributed by atoms with Gasteiger partial charge >= 0.3 is 6.18 Å². The van der Waals surface area contributed by atoms with Crippen molar-refractivity contribution < 1.29 is 22.7 Å². The van der Waals surface area contributed by atoms with E-state index in [4.69, 9.17) is 4.74 Å². The third-order valence-corrected chi connectivity index (χ3v) is 4.67. The van der Waals surface area contributed by atoms with Gasteiger partial charge in [-0.3, -0.25) is 4.79 Å². The molecule has 3 heterocycles. The van der Waals surface area contributed by atoms with Crippen molar-refractivity contribution in [3.63, 3.8) is 0 Å². The van der Waals surface area contributed by atoms with E-state index in [1.54, 1.807) is 24.3 Å². The van der Waals surface area contributed by atoms with Gasteiger partial charge in [0.05, 0.1) is 11.8 Å². The number of nitrogens with one attached hydrogen (secondary N) is 1. The lowest BCUT2D eigenvalue weighted by Gasteiger charge is -2.10. The number of rotatable bonds is 4. The summed E-state index contributed by atoms with van der Waals surface area (Å²) >= 11 is 0. The Morgan fingerprint density at radius 3 is 2.69 bits per heavy atom. The van der Waals surface area contributed by atoms with Crippen molar-refractivity contribution in [2.75, 3.05) is 13.2 Å². The Balaban J connectivity index is 1.70. The molecule has 0 bridgehead atoms. The average molecular weight is 405 g/mol. The lowest BCUT2D eigenvalue weighted by molar-refractivity contribution is -0.142. The van der Waals surface area contributed by atoms with Crippen LogP contribution in [0.15, 0.2) is 30.3 Å². The topological polar surface area (TPSA) is 81.4 Å². The fourth-order valence-corrected chi connectivity index (χ4v) is 3.13. The van der Waals surface area contributed by atoms with E-state index in [0.717, 1.165) is 24.5 Å². The van der Waals surface area contributed by atoms with Gasteiger partial charge in [-0.1, -0.05) is 29.8 Å². The number of amides is 1. The van der Waals surface area contributed by atoms with Crippen LogP contribution in [0, 0.1) is 6.92 Å². The van der Waals surface area contributed by atoms with Gasteiger partial charge in [-0.15, -0.1) is 5.10 Å². The SMILES string of the molecule is Cc1ccc(-c2cc(C(F)(F)F)n3nc(C(=O)NCC4CCCO4)nc3n2)cc1. The number of ether oxygens (including phenoxy) is 1. The van der Waals surface area contributed by atoms with Crippen molar-refractivity contribution in [3.05, 3.63) is 47.4 Å². The molecule has 1 aliphatic heterocycles. The molecule has 1 aliphatic rings. The first-order valence-corrected chi connectivity index (χ1v) is 9.13. The van der Waals surface area contributed by atoms with Crippen LogP contribution in [0.5, 0.6) is 0 Å². The van der Waals surface area contributed by atoms with Crippen LogP contribution >= 0.6 is 0 Å². The number of alkyl halides is 3. The molecule has 3 aromatic rings. The van der Waals surface area contributed by atoms with E-state index < -0.39 is 17.8 Å². The number of benzene rings is 1. The number of hydrogen-bond acceptors (Lipinski definition) is 5.